The molecule has 1 saturated heterocycles. The number of hydrogen-bond acceptors (Lipinski definition) is 7. The minimum absolute atomic E-state index is 0.0400. The monoisotopic (exact) mass is 322 g/mol. The topological polar surface area (TPSA) is 80.5 Å². The summed E-state index contributed by atoms with van der Waals surface area (Å²) in [6.45, 7) is 1.84. The Labute approximate surface area is 132 Å². The standard InChI is InChI=1S/C14H18N4O3S/c1-20-9-12-16-14(22-17-12)15-10-4-6-18(7-5-10)13(19)11-3-2-8-21-11/h2-3,8,10H,4-7,9H2,1H3,(H,15,16,17). The van der Waals surface area contributed by atoms with Gasteiger partial charge < -0.3 is 19.4 Å². The van der Waals surface area contributed by atoms with Gasteiger partial charge in [0.2, 0.25) is 5.13 Å². The molecule has 3 rings (SSSR count). The Kier molecular flexibility index (Phi) is 4.69. The molecule has 0 aliphatic carbocycles. The summed E-state index contributed by atoms with van der Waals surface area (Å²) in [5.74, 6) is 1.06. The molecule has 118 valence electrons. The largest absolute Gasteiger partial charge is 0.459 e. The van der Waals surface area contributed by atoms with Crippen LogP contribution in [-0.2, 0) is 11.3 Å². The van der Waals surface area contributed by atoms with Crippen LogP contribution in [0.1, 0.15) is 29.2 Å². The van der Waals surface area contributed by atoms with Crippen LogP contribution in [0, 0.1) is 0 Å². The number of nitrogens with one attached hydrogen (secondary N) is 1. The van der Waals surface area contributed by atoms with Gasteiger partial charge in [0.05, 0.1) is 6.26 Å². The highest BCUT2D eigenvalue weighted by molar-refractivity contribution is 7.09. The zero-order valence-corrected chi connectivity index (χ0v) is 13.1. The predicted octanol–water partition coefficient (Wildman–Crippen LogP) is 1.99. The van der Waals surface area contributed by atoms with E-state index >= 15 is 0 Å². The third-order valence-corrected chi connectivity index (χ3v) is 4.27. The number of carbonyl (C=O) groups excluding carboxylic acids is 1. The molecule has 8 heteroatoms. The van der Waals surface area contributed by atoms with Crippen LogP contribution >= 0.6 is 11.5 Å². The van der Waals surface area contributed by atoms with Gasteiger partial charge in [0.15, 0.2) is 11.6 Å². The van der Waals surface area contributed by atoms with E-state index in [4.69, 9.17) is 9.15 Å². The molecule has 0 bridgehead atoms. The second kappa shape index (κ2) is 6.89. The second-order valence-corrected chi connectivity index (χ2v) is 5.89. The molecule has 0 spiro atoms. The van der Waals surface area contributed by atoms with Crippen LogP contribution in [0.25, 0.3) is 0 Å². The third kappa shape index (κ3) is 3.45. The SMILES string of the molecule is COCc1nsc(NC2CCN(C(=O)c3ccco3)CC2)n1. The van der Waals surface area contributed by atoms with Crippen molar-refractivity contribution in [2.24, 2.45) is 0 Å². The van der Waals surface area contributed by atoms with Crippen molar-refractivity contribution in [2.75, 3.05) is 25.5 Å². The average Bonchev–Trinajstić information content (AvgIpc) is 3.20. The number of methoxy groups -OCH3 is 1. The smallest absolute Gasteiger partial charge is 0.289 e. The van der Waals surface area contributed by atoms with Crippen molar-refractivity contribution in [2.45, 2.75) is 25.5 Å². The van der Waals surface area contributed by atoms with Gasteiger partial charge in [0, 0.05) is 37.8 Å². The highest BCUT2D eigenvalue weighted by atomic mass is 32.1. The summed E-state index contributed by atoms with van der Waals surface area (Å²) >= 11 is 1.34. The molecule has 1 N–H and O–H groups in total. The number of hydrogen-bond donors (Lipinski definition) is 1. The molecule has 0 atom stereocenters. The summed E-state index contributed by atoms with van der Waals surface area (Å²) in [5, 5.41) is 4.19. The quantitative estimate of drug-likeness (QED) is 0.907. The first-order valence-electron chi connectivity index (χ1n) is 7.17. The molecule has 1 amide bonds. The Bertz CT molecular complexity index is 605. The van der Waals surface area contributed by atoms with E-state index in [1.165, 1.54) is 17.8 Å². The maximum atomic E-state index is 12.2. The lowest BCUT2D eigenvalue weighted by molar-refractivity contribution is 0.0686. The molecule has 0 saturated carbocycles. The van der Waals surface area contributed by atoms with Gasteiger partial charge in [-0.3, -0.25) is 4.79 Å². The number of aromatic nitrogens is 2. The Balaban J connectivity index is 1.50. The van der Waals surface area contributed by atoms with E-state index in [1.807, 2.05) is 4.90 Å². The van der Waals surface area contributed by atoms with Crippen LogP contribution in [0.15, 0.2) is 22.8 Å². The molecule has 2 aromatic heterocycles. The summed E-state index contributed by atoms with van der Waals surface area (Å²) < 4.78 is 14.4. The summed E-state index contributed by atoms with van der Waals surface area (Å²) in [6.07, 6.45) is 3.28. The molecule has 0 unspecified atom stereocenters. The van der Waals surface area contributed by atoms with E-state index in [1.54, 1.807) is 19.2 Å². The van der Waals surface area contributed by atoms with Crippen molar-refractivity contribution < 1.29 is 13.9 Å². The number of furan rings is 1. The lowest BCUT2D eigenvalue weighted by Gasteiger charge is -2.31. The van der Waals surface area contributed by atoms with Crippen molar-refractivity contribution in [1.82, 2.24) is 14.3 Å². The van der Waals surface area contributed by atoms with Crippen LogP contribution in [0.4, 0.5) is 5.13 Å². The fourth-order valence-corrected chi connectivity index (χ4v) is 3.11. The van der Waals surface area contributed by atoms with E-state index in [0.717, 1.165) is 18.0 Å². The Morgan fingerprint density at radius 3 is 3.05 bits per heavy atom. The van der Waals surface area contributed by atoms with Gasteiger partial charge in [-0.05, 0) is 25.0 Å². The van der Waals surface area contributed by atoms with Crippen molar-refractivity contribution in [1.29, 1.82) is 0 Å². The zero-order valence-electron chi connectivity index (χ0n) is 12.3. The third-order valence-electron chi connectivity index (χ3n) is 3.58. The molecule has 22 heavy (non-hydrogen) atoms. The van der Waals surface area contributed by atoms with E-state index < -0.39 is 0 Å². The van der Waals surface area contributed by atoms with Crippen LogP contribution in [0.5, 0.6) is 0 Å². The molecule has 0 radical (unpaired) electrons. The lowest BCUT2D eigenvalue weighted by Crippen LogP contribution is -2.42. The number of nitrogens with zero attached hydrogens (tertiary/aromatic N) is 3. The maximum Gasteiger partial charge on any atom is 0.289 e. The number of carbonyl (C=O) groups is 1. The van der Waals surface area contributed by atoms with Gasteiger partial charge in [0.1, 0.15) is 6.61 Å². The summed E-state index contributed by atoms with van der Waals surface area (Å²) in [4.78, 5) is 18.4. The van der Waals surface area contributed by atoms with Gasteiger partial charge in [-0.25, -0.2) is 4.98 Å². The van der Waals surface area contributed by atoms with Gasteiger partial charge in [0.25, 0.3) is 5.91 Å². The van der Waals surface area contributed by atoms with Gasteiger partial charge >= 0.3 is 0 Å². The van der Waals surface area contributed by atoms with Gasteiger partial charge in [-0.15, -0.1) is 0 Å². The van der Waals surface area contributed by atoms with E-state index in [-0.39, 0.29) is 5.91 Å². The van der Waals surface area contributed by atoms with E-state index in [0.29, 0.717) is 37.3 Å². The number of ether oxygens (including phenoxy) is 1. The highest BCUT2D eigenvalue weighted by Gasteiger charge is 2.25. The number of piperidine rings is 1. The fourth-order valence-electron chi connectivity index (χ4n) is 2.46. The number of amides is 1. The van der Waals surface area contributed by atoms with Crippen LogP contribution in [0.2, 0.25) is 0 Å². The maximum absolute atomic E-state index is 12.2. The Morgan fingerprint density at radius 2 is 2.36 bits per heavy atom. The highest BCUT2D eigenvalue weighted by Crippen LogP contribution is 2.20. The molecule has 1 aliphatic heterocycles. The summed E-state index contributed by atoms with van der Waals surface area (Å²) in [6, 6.07) is 3.74. The lowest BCUT2D eigenvalue weighted by atomic mass is 10.1. The fraction of sp³-hybridized carbons (Fsp3) is 0.500. The van der Waals surface area contributed by atoms with Crippen LogP contribution in [-0.4, -0.2) is 46.4 Å². The summed E-state index contributed by atoms with van der Waals surface area (Å²) in [7, 11) is 1.62. The molecule has 3 heterocycles. The van der Waals surface area contributed by atoms with Gasteiger partial charge in [-0.2, -0.15) is 4.37 Å². The molecule has 1 aliphatic rings. The minimum atomic E-state index is -0.0400. The Morgan fingerprint density at radius 1 is 1.55 bits per heavy atom. The van der Waals surface area contributed by atoms with E-state index in [9.17, 15) is 4.79 Å². The average molecular weight is 322 g/mol. The predicted molar refractivity (Wildman–Crippen MR) is 81.9 cm³/mol. The second-order valence-electron chi connectivity index (χ2n) is 5.14. The van der Waals surface area contributed by atoms with E-state index in [2.05, 4.69) is 14.7 Å². The minimum Gasteiger partial charge on any atom is -0.459 e. The first-order chi connectivity index (χ1) is 10.8. The number of rotatable bonds is 5. The first-order valence-corrected chi connectivity index (χ1v) is 7.94. The Hall–Kier alpha value is -1.93. The molecule has 7 nitrogen and oxygen atoms in total. The number of anilines is 1. The first kappa shape index (κ1) is 15.0. The molecule has 2 aromatic rings. The molecular weight excluding hydrogens is 304 g/mol. The zero-order chi connectivity index (χ0) is 15.4. The number of likely N-dealkylation sites (tertiary alicyclic amines) is 1. The summed E-state index contributed by atoms with van der Waals surface area (Å²) in [5.41, 5.74) is 0. The van der Waals surface area contributed by atoms with Crippen LogP contribution in [0.3, 0.4) is 0 Å². The van der Waals surface area contributed by atoms with Crippen molar-refractivity contribution in [3.05, 3.63) is 30.0 Å². The molecular formula is C14H18N4O3S. The van der Waals surface area contributed by atoms with Crippen molar-refractivity contribution >= 4 is 22.6 Å². The normalized spacial score (nSPS) is 16.0. The van der Waals surface area contributed by atoms with Gasteiger partial charge in [-0.1, -0.05) is 0 Å². The van der Waals surface area contributed by atoms with Crippen molar-refractivity contribution in [3.8, 4) is 0 Å². The van der Waals surface area contributed by atoms with Crippen LogP contribution < -0.4 is 5.32 Å². The van der Waals surface area contributed by atoms with Crippen molar-refractivity contribution in [3.63, 3.8) is 0 Å². The molecule has 1 fully saturated rings. The molecule has 0 aromatic carbocycles.